The third-order valence-corrected chi connectivity index (χ3v) is 3.97. The van der Waals surface area contributed by atoms with Gasteiger partial charge < -0.3 is 10.6 Å². The minimum Gasteiger partial charge on any atom is -0.352 e. The summed E-state index contributed by atoms with van der Waals surface area (Å²) in [5.74, 6) is -0.0197. The van der Waals surface area contributed by atoms with E-state index in [1.165, 1.54) is 10.9 Å². The third kappa shape index (κ3) is 3.33. The number of rotatable bonds is 4. The highest BCUT2D eigenvalue weighted by Crippen LogP contribution is 2.05. The van der Waals surface area contributed by atoms with Crippen LogP contribution in [0.5, 0.6) is 0 Å². The van der Waals surface area contributed by atoms with Crippen LogP contribution < -0.4 is 16.2 Å². The van der Waals surface area contributed by atoms with Crippen molar-refractivity contribution in [2.75, 3.05) is 13.1 Å². The number of benzene rings is 1. The maximum absolute atomic E-state index is 12.3. The van der Waals surface area contributed by atoms with Crippen molar-refractivity contribution < 1.29 is 4.79 Å². The van der Waals surface area contributed by atoms with Crippen LogP contribution in [0, 0.1) is 0 Å². The molecule has 6 nitrogen and oxygen atoms in total. The van der Waals surface area contributed by atoms with Gasteiger partial charge in [-0.3, -0.25) is 14.2 Å². The monoisotopic (exact) mass is 300 g/mol. The van der Waals surface area contributed by atoms with Crippen molar-refractivity contribution in [2.24, 2.45) is 0 Å². The molecule has 6 heteroatoms. The first kappa shape index (κ1) is 14.7. The summed E-state index contributed by atoms with van der Waals surface area (Å²) < 4.78 is 1.50. The molecule has 1 saturated heterocycles. The van der Waals surface area contributed by atoms with Crippen molar-refractivity contribution in [3.05, 3.63) is 40.9 Å². The Morgan fingerprint density at radius 3 is 3.09 bits per heavy atom. The molecule has 1 aliphatic heterocycles. The van der Waals surface area contributed by atoms with Crippen LogP contribution in [-0.2, 0) is 11.3 Å². The molecular weight excluding hydrogens is 280 g/mol. The van der Waals surface area contributed by atoms with Gasteiger partial charge in [0.1, 0.15) is 0 Å². The van der Waals surface area contributed by atoms with Crippen molar-refractivity contribution in [1.82, 2.24) is 20.2 Å². The van der Waals surface area contributed by atoms with Gasteiger partial charge in [-0.15, -0.1) is 0 Å². The van der Waals surface area contributed by atoms with E-state index >= 15 is 0 Å². The van der Waals surface area contributed by atoms with Crippen molar-refractivity contribution in [2.45, 2.75) is 31.8 Å². The molecule has 22 heavy (non-hydrogen) atoms. The van der Waals surface area contributed by atoms with E-state index in [1.807, 2.05) is 18.2 Å². The SMILES string of the molecule is O=C(CCn1cnc2ccccc2c1=O)N[C@H]1CCCNC1. The fourth-order valence-corrected chi connectivity index (χ4v) is 2.76. The topological polar surface area (TPSA) is 76.0 Å². The van der Waals surface area contributed by atoms with Gasteiger partial charge in [0.15, 0.2) is 0 Å². The quantitative estimate of drug-likeness (QED) is 0.869. The summed E-state index contributed by atoms with van der Waals surface area (Å²) in [4.78, 5) is 28.6. The minimum atomic E-state index is -0.0993. The molecule has 0 unspecified atom stereocenters. The average molecular weight is 300 g/mol. The van der Waals surface area contributed by atoms with E-state index < -0.39 is 0 Å². The molecule has 1 aliphatic rings. The lowest BCUT2D eigenvalue weighted by atomic mass is 10.1. The highest BCUT2D eigenvalue weighted by Gasteiger charge is 2.15. The van der Waals surface area contributed by atoms with Crippen molar-refractivity contribution in [3.8, 4) is 0 Å². The molecule has 1 amide bonds. The first-order valence-electron chi connectivity index (χ1n) is 7.68. The Balaban J connectivity index is 1.62. The highest BCUT2D eigenvalue weighted by atomic mass is 16.2. The highest BCUT2D eigenvalue weighted by molar-refractivity contribution is 5.77. The number of fused-ring (bicyclic) bond motifs is 1. The summed E-state index contributed by atoms with van der Waals surface area (Å²) in [7, 11) is 0. The predicted molar refractivity (Wildman–Crippen MR) is 84.7 cm³/mol. The molecule has 0 radical (unpaired) electrons. The van der Waals surface area contributed by atoms with E-state index in [4.69, 9.17) is 0 Å². The standard InChI is InChI=1S/C16H20N4O2/c21-15(19-12-4-3-8-17-10-12)7-9-20-11-18-14-6-2-1-5-13(14)16(20)22/h1-2,5-6,11-12,17H,3-4,7-10H2,(H,19,21)/t12-/m0/s1. The molecule has 1 aromatic carbocycles. The molecule has 3 rings (SSSR count). The van der Waals surface area contributed by atoms with Gasteiger partial charge in [0.25, 0.3) is 5.56 Å². The lowest BCUT2D eigenvalue weighted by Crippen LogP contribution is -2.45. The average Bonchev–Trinajstić information content (AvgIpc) is 2.55. The number of para-hydroxylation sites is 1. The van der Waals surface area contributed by atoms with Crippen molar-refractivity contribution in [3.63, 3.8) is 0 Å². The number of hydrogen-bond donors (Lipinski definition) is 2. The van der Waals surface area contributed by atoms with E-state index in [9.17, 15) is 9.59 Å². The Morgan fingerprint density at radius 2 is 2.27 bits per heavy atom. The van der Waals surface area contributed by atoms with Gasteiger partial charge in [-0.2, -0.15) is 0 Å². The van der Waals surface area contributed by atoms with Gasteiger partial charge in [-0.25, -0.2) is 4.98 Å². The van der Waals surface area contributed by atoms with Crippen LogP contribution in [-0.4, -0.2) is 34.6 Å². The van der Waals surface area contributed by atoms with E-state index in [0.29, 0.717) is 17.4 Å². The van der Waals surface area contributed by atoms with Crippen LogP contribution in [0.15, 0.2) is 35.4 Å². The van der Waals surface area contributed by atoms with Gasteiger partial charge in [0.2, 0.25) is 5.91 Å². The second-order valence-corrected chi connectivity index (χ2v) is 5.62. The molecule has 2 heterocycles. The Morgan fingerprint density at radius 1 is 1.41 bits per heavy atom. The van der Waals surface area contributed by atoms with E-state index in [2.05, 4.69) is 15.6 Å². The number of piperidine rings is 1. The van der Waals surface area contributed by atoms with E-state index in [-0.39, 0.29) is 23.9 Å². The van der Waals surface area contributed by atoms with Crippen molar-refractivity contribution >= 4 is 16.8 Å². The number of nitrogens with one attached hydrogen (secondary N) is 2. The van der Waals surface area contributed by atoms with E-state index in [0.717, 1.165) is 25.9 Å². The zero-order chi connectivity index (χ0) is 15.4. The molecule has 1 fully saturated rings. The molecule has 0 bridgehead atoms. The third-order valence-electron chi connectivity index (χ3n) is 3.97. The van der Waals surface area contributed by atoms with Crippen molar-refractivity contribution in [1.29, 1.82) is 0 Å². The molecular formula is C16H20N4O2. The van der Waals surface area contributed by atoms with Gasteiger partial charge in [-0.05, 0) is 31.5 Å². The zero-order valence-corrected chi connectivity index (χ0v) is 12.4. The van der Waals surface area contributed by atoms with Crippen LogP contribution >= 0.6 is 0 Å². The summed E-state index contributed by atoms with van der Waals surface area (Å²) >= 11 is 0. The summed E-state index contributed by atoms with van der Waals surface area (Å²) in [6.07, 6.45) is 3.89. The van der Waals surface area contributed by atoms with E-state index in [1.54, 1.807) is 6.07 Å². The number of hydrogen-bond acceptors (Lipinski definition) is 4. The summed E-state index contributed by atoms with van der Waals surface area (Å²) in [6.45, 7) is 2.19. The zero-order valence-electron chi connectivity index (χ0n) is 12.4. The molecule has 1 aromatic heterocycles. The lowest BCUT2D eigenvalue weighted by molar-refractivity contribution is -0.122. The molecule has 0 spiro atoms. The van der Waals surface area contributed by atoms with Crippen LogP contribution in [0.25, 0.3) is 10.9 Å². The smallest absolute Gasteiger partial charge is 0.261 e. The second kappa shape index (κ2) is 6.70. The first-order valence-corrected chi connectivity index (χ1v) is 7.68. The number of carbonyl (C=O) groups is 1. The Hall–Kier alpha value is -2.21. The normalized spacial score (nSPS) is 18.3. The molecule has 2 aromatic rings. The molecule has 116 valence electrons. The number of aromatic nitrogens is 2. The van der Waals surface area contributed by atoms with Crippen LogP contribution in [0.4, 0.5) is 0 Å². The van der Waals surface area contributed by atoms with Gasteiger partial charge in [0, 0.05) is 25.6 Å². The first-order chi connectivity index (χ1) is 10.7. The fourth-order valence-electron chi connectivity index (χ4n) is 2.76. The maximum atomic E-state index is 12.3. The van der Waals surface area contributed by atoms with Crippen LogP contribution in [0.1, 0.15) is 19.3 Å². The molecule has 0 saturated carbocycles. The fraction of sp³-hybridized carbons (Fsp3) is 0.438. The van der Waals surface area contributed by atoms with Crippen LogP contribution in [0.2, 0.25) is 0 Å². The van der Waals surface area contributed by atoms with Gasteiger partial charge in [0.05, 0.1) is 17.2 Å². The largest absolute Gasteiger partial charge is 0.352 e. The predicted octanol–water partition coefficient (Wildman–Crippen LogP) is 0.655. The summed E-state index contributed by atoms with van der Waals surface area (Å²) in [5.41, 5.74) is 0.583. The Kier molecular flexibility index (Phi) is 4.48. The number of amides is 1. The Labute approximate surface area is 128 Å². The molecule has 2 N–H and O–H groups in total. The summed E-state index contributed by atoms with van der Waals surface area (Å²) in [5, 5.41) is 6.86. The number of aryl methyl sites for hydroxylation is 1. The minimum absolute atomic E-state index is 0.0197. The lowest BCUT2D eigenvalue weighted by Gasteiger charge is -2.23. The van der Waals surface area contributed by atoms with Gasteiger partial charge >= 0.3 is 0 Å². The summed E-state index contributed by atoms with van der Waals surface area (Å²) in [6, 6.07) is 7.44. The second-order valence-electron chi connectivity index (χ2n) is 5.62. The Bertz CT molecular complexity index is 719. The number of nitrogens with zero attached hydrogens (tertiary/aromatic N) is 2. The number of carbonyl (C=O) groups excluding carboxylic acids is 1. The molecule has 0 aliphatic carbocycles. The van der Waals surface area contributed by atoms with Gasteiger partial charge in [-0.1, -0.05) is 12.1 Å². The van der Waals surface area contributed by atoms with Crippen LogP contribution in [0.3, 0.4) is 0 Å². The molecule has 1 atom stereocenters. The maximum Gasteiger partial charge on any atom is 0.261 e.